The summed E-state index contributed by atoms with van der Waals surface area (Å²) >= 11 is 3.36. The van der Waals surface area contributed by atoms with E-state index in [9.17, 15) is 4.79 Å². The first-order chi connectivity index (χ1) is 9.51. The number of carbonyl (C=O) groups is 1. The average Bonchev–Trinajstić information content (AvgIpc) is 2.42. The van der Waals surface area contributed by atoms with E-state index in [1.807, 2.05) is 6.92 Å². The number of pyridine rings is 1. The molecule has 1 amide bonds. The molecule has 1 aromatic carbocycles. The summed E-state index contributed by atoms with van der Waals surface area (Å²) in [4.78, 5) is 16.3. The fraction of sp³-hybridized carbons (Fsp3) is 0.143. The molecule has 2 rings (SSSR count). The Morgan fingerprint density at radius 2 is 2.15 bits per heavy atom. The maximum atomic E-state index is 12.1. The molecule has 0 fully saturated rings. The Morgan fingerprint density at radius 1 is 1.40 bits per heavy atom. The minimum absolute atomic E-state index is 0.306. The number of nitrogens with two attached hydrogens (primary N) is 1. The zero-order valence-corrected chi connectivity index (χ0v) is 12.7. The Hall–Kier alpha value is -2.08. The third-order valence-corrected chi connectivity index (χ3v) is 3.62. The van der Waals surface area contributed by atoms with E-state index in [0.29, 0.717) is 22.8 Å². The Morgan fingerprint density at radius 3 is 2.75 bits per heavy atom. The molecule has 20 heavy (non-hydrogen) atoms. The third kappa shape index (κ3) is 3.08. The number of aryl methyl sites for hydroxylation is 1. The standard InChI is InChI=1S/C14H14BrN3O2/c1-8-5-13(17-7-11(8)15)18-14(19)10-4-3-9(20-2)6-12(10)16/h3-7H,16H2,1-2H3,(H,17,18,19). The van der Waals surface area contributed by atoms with Gasteiger partial charge in [0.2, 0.25) is 0 Å². The Balaban J connectivity index is 2.21. The van der Waals surface area contributed by atoms with E-state index < -0.39 is 0 Å². The second-order valence-corrected chi connectivity index (χ2v) is 5.08. The van der Waals surface area contributed by atoms with Gasteiger partial charge >= 0.3 is 0 Å². The fourth-order valence-electron chi connectivity index (χ4n) is 1.67. The Bertz CT molecular complexity index is 659. The monoisotopic (exact) mass is 335 g/mol. The number of aromatic nitrogens is 1. The van der Waals surface area contributed by atoms with Crippen molar-refractivity contribution in [3.05, 3.63) is 46.1 Å². The maximum Gasteiger partial charge on any atom is 0.258 e. The molecule has 0 atom stereocenters. The largest absolute Gasteiger partial charge is 0.497 e. The fourth-order valence-corrected chi connectivity index (χ4v) is 1.88. The maximum absolute atomic E-state index is 12.1. The van der Waals surface area contributed by atoms with Crippen molar-refractivity contribution >= 4 is 33.3 Å². The van der Waals surface area contributed by atoms with Gasteiger partial charge in [-0.05, 0) is 46.6 Å². The van der Waals surface area contributed by atoms with Crippen LogP contribution in [0, 0.1) is 6.92 Å². The number of halogens is 1. The SMILES string of the molecule is COc1ccc(C(=O)Nc2cc(C)c(Br)cn2)c(N)c1. The van der Waals surface area contributed by atoms with Gasteiger partial charge in [-0.15, -0.1) is 0 Å². The van der Waals surface area contributed by atoms with Crippen molar-refractivity contribution in [2.45, 2.75) is 6.92 Å². The first-order valence-electron chi connectivity index (χ1n) is 5.88. The molecular formula is C14H14BrN3O2. The summed E-state index contributed by atoms with van der Waals surface area (Å²) in [6.45, 7) is 1.92. The number of hydrogen-bond acceptors (Lipinski definition) is 4. The molecule has 0 saturated heterocycles. The van der Waals surface area contributed by atoms with Crippen LogP contribution < -0.4 is 15.8 Å². The third-order valence-electron chi connectivity index (χ3n) is 2.79. The van der Waals surface area contributed by atoms with Crippen LogP contribution in [0.2, 0.25) is 0 Å². The van der Waals surface area contributed by atoms with Gasteiger partial charge in [-0.1, -0.05) is 0 Å². The molecule has 0 bridgehead atoms. The number of nitrogens with zero attached hydrogens (tertiary/aromatic N) is 1. The van der Waals surface area contributed by atoms with E-state index in [1.165, 1.54) is 0 Å². The molecule has 1 aromatic heterocycles. The summed E-state index contributed by atoms with van der Waals surface area (Å²) < 4.78 is 5.94. The van der Waals surface area contributed by atoms with Gasteiger partial charge in [-0.2, -0.15) is 0 Å². The summed E-state index contributed by atoms with van der Waals surface area (Å²) in [7, 11) is 1.54. The highest BCUT2D eigenvalue weighted by molar-refractivity contribution is 9.10. The number of carbonyl (C=O) groups excluding carboxylic acids is 1. The van der Waals surface area contributed by atoms with Crippen LogP contribution in [0.3, 0.4) is 0 Å². The van der Waals surface area contributed by atoms with Crippen LogP contribution in [-0.4, -0.2) is 18.0 Å². The first-order valence-corrected chi connectivity index (χ1v) is 6.67. The number of rotatable bonds is 3. The molecule has 0 aliphatic carbocycles. The van der Waals surface area contributed by atoms with Crippen molar-refractivity contribution in [1.82, 2.24) is 4.98 Å². The van der Waals surface area contributed by atoms with E-state index in [0.717, 1.165) is 10.0 Å². The van der Waals surface area contributed by atoms with Crippen molar-refractivity contribution in [3.8, 4) is 5.75 Å². The van der Waals surface area contributed by atoms with Crippen molar-refractivity contribution in [2.24, 2.45) is 0 Å². The van der Waals surface area contributed by atoms with Crippen LogP contribution >= 0.6 is 15.9 Å². The highest BCUT2D eigenvalue weighted by atomic mass is 79.9. The molecule has 0 saturated carbocycles. The van der Waals surface area contributed by atoms with Crippen LogP contribution in [-0.2, 0) is 0 Å². The van der Waals surface area contributed by atoms with Crippen LogP contribution in [0.4, 0.5) is 11.5 Å². The highest BCUT2D eigenvalue weighted by Crippen LogP contribution is 2.21. The van der Waals surface area contributed by atoms with Crippen molar-refractivity contribution in [2.75, 3.05) is 18.2 Å². The zero-order valence-electron chi connectivity index (χ0n) is 11.1. The molecule has 0 spiro atoms. The molecular weight excluding hydrogens is 322 g/mol. The molecule has 0 radical (unpaired) electrons. The van der Waals surface area contributed by atoms with Gasteiger partial charge in [0.25, 0.3) is 5.91 Å². The van der Waals surface area contributed by atoms with Crippen LogP contribution in [0.5, 0.6) is 5.75 Å². The minimum atomic E-state index is -0.306. The summed E-state index contributed by atoms with van der Waals surface area (Å²) in [5.41, 5.74) is 7.56. The van der Waals surface area contributed by atoms with E-state index in [2.05, 4.69) is 26.2 Å². The van der Waals surface area contributed by atoms with Gasteiger partial charge in [0.15, 0.2) is 0 Å². The quantitative estimate of drug-likeness (QED) is 0.845. The topological polar surface area (TPSA) is 77.2 Å². The number of nitrogens with one attached hydrogen (secondary N) is 1. The lowest BCUT2D eigenvalue weighted by molar-refractivity contribution is 0.102. The summed E-state index contributed by atoms with van der Waals surface area (Å²) in [5.74, 6) is 0.780. The number of benzene rings is 1. The lowest BCUT2D eigenvalue weighted by Gasteiger charge is -2.09. The predicted molar refractivity (Wildman–Crippen MR) is 82.0 cm³/mol. The van der Waals surface area contributed by atoms with Gasteiger partial charge in [0, 0.05) is 22.4 Å². The average molecular weight is 336 g/mol. The van der Waals surface area contributed by atoms with E-state index in [4.69, 9.17) is 10.5 Å². The zero-order chi connectivity index (χ0) is 14.7. The number of amides is 1. The second kappa shape index (κ2) is 5.92. The molecule has 104 valence electrons. The normalized spacial score (nSPS) is 10.2. The molecule has 2 aromatic rings. The number of ether oxygens (including phenoxy) is 1. The lowest BCUT2D eigenvalue weighted by atomic mass is 10.1. The molecule has 0 unspecified atom stereocenters. The van der Waals surface area contributed by atoms with Gasteiger partial charge in [0.1, 0.15) is 11.6 Å². The van der Waals surface area contributed by atoms with Crippen molar-refractivity contribution in [3.63, 3.8) is 0 Å². The van der Waals surface area contributed by atoms with Crippen LogP contribution in [0.15, 0.2) is 34.9 Å². The molecule has 3 N–H and O–H groups in total. The summed E-state index contributed by atoms with van der Waals surface area (Å²) in [6.07, 6.45) is 1.64. The van der Waals surface area contributed by atoms with Gasteiger partial charge in [0.05, 0.1) is 12.7 Å². The predicted octanol–water partition coefficient (Wildman–Crippen LogP) is 3.00. The second-order valence-electron chi connectivity index (χ2n) is 4.23. The van der Waals surface area contributed by atoms with Crippen molar-refractivity contribution < 1.29 is 9.53 Å². The van der Waals surface area contributed by atoms with Gasteiger partial charge in [-0.25, -0.2) is 4.98 Å². The molecule has 6 heteroatoms. The van der Waals surface area contributed by atoms with Crippen LogP contribution in [0.1, 0.15) is 15.9 Å². The summed E-state index contributed by atoms with van der Waals surface area (Å²) in [6, 6.07) is 6.69. The Kier molecular flexibility index (Phi) is 4.24. The van der Waals surface area contributed by atoms with Crippen LogP contribution in [0.25, 0.3) is 0 Å². The highest BCUT2D eigenvalue weighted by Gasteiger charge is 2.11. The molecule has 5 nitrogen and oxygen atoms in total. The first kappa shape index (κ1) is 14.3. The van der Waals surface area contributed by atoms with E-state index >= 15 is 0 Å². The van der Waals surface area contributed by atoms with Gasteiger partial charge < -0.3 is 15.8 Å². The minimum Gasteiger partial charge on any atom is -0.497 e. The number of anilines is 2. The van der Waals surface area contributed by atoms with Gasteiger partial charge in [-0.3, -0.25) is 4.79 Å². The molecule has 1 heterocycles. The summed E-state index contributed by atoms with van der Waals surface area (Å²) in [5, 5.41) is 2.71. The molecule has 0 aliphatic heterocycles. The molecule has 0 aliphatic rings. The Labute approximate surface area is 125 Å². The number of hydrogen-bond donors (Lipinski definition) is 2. The number of nitrogen functional groups attached to an aromatic ring is 1. The smallest absolute Gasteiger partial charge is 0.258 e. The van der Waals surface area contributed by atoms with Crippen molar-refractivity contribution in [1.29, 1.82) is 0 Å². The van der Waals surface area contributed by atoms with E-state index in [1.54, 1.807) is 37.6 Å². The number of methoxy groups -OCH3 is 1. The van der Waals surface area contributed by atoms with E-state index in [-0.39, 0.29) is 5.91 Å². The lowest BCUT2D eigenvalue weighted by Crippen LogP contribution is -2.15.